The third-order valence-electron chi connectivity index (χ3n) is 5.77. The highest BCUT2D eigenvalue weighted by atomic mass is 16.6. The van der Waals surface area contributed by atoms with Crippen molar-refractivity contribution < 1.29 is 28.0 Å². The zero-order valence-electron chi connectivity index (χ0n) is 19.2. The smallest absolute Gasteiger partial charge is 0.281 e. The summed E-state index contributed by atoms with van der Waals surface area (Å²) in [7, 11) is 1.55. The summed E-state index contributed by atoms with van der Waals surface area (Å²) >= 11 is 0. The van der Waals surface area contributed by atoms with Crippen LogP contribution in [0.25, 0.3) is 11.1 Å². The molecule has 1 aliphatic rings. The first-order valence-corrected chi connectivity index (χ1v) is 11.1. The zero-order chi connectivity index (χ0) is 25.1. The van der Waals surface area contributed by atoms with Crippen LogP contribution in [-0.4, -0.2) is 35.3 Å². The van der Waals surface area contributed by atoms with Crippen LogP contribution < -0.4 is 9.47 Å². The lowest BCUT2D eigenvalue weighted by Gasteiger charge is -2.20. The van der Waals surface area contributed by atoms with Crippen molar-refractivity contribution >= 4 is 17.3 Å². The number of non-ortho nitro benzene ring substituents is 1. The monoisotopic (exact) mass is 487 g/mol. The van der Waals surface area contributed by atoms with Gasteiger partial charge >= 0.3 is 0 Å². The Morgan fingerprint density at radius 3 is 2.56 bits per heavy atom. The molecule has 0 N–H and O–H groups in total. The highest BCUT2D eigenvalue weighted by Crippen LogP contribution is 2.36. The first-order chi connectivity index (χ1) is 17.5. The van der Waals surface area contributed by atoms with Gasteiger partial charge in [0.1, 0.15) is 34.8 Å². The van der Waals surface area contributed by atoms with E-state index < -0.39 is 16.9 Å². The van der Waals surface area contributed by atoms with Gasteiger partial charge in [0.2, 0.25) is 0 Å². The van der Waals surface area contributed by atoms with Crippen molar-refractivity contribution in [3.63, 3.8) is 0 Å². The van der Waals surface area contributed by atoms with Crippen molar-refractivity contribution in [2.45, 2.75) is 12.5 Å². The Kier molecular flexibility index (Phi) is 6.23. The van der Waals surface area contributed by atoms with E-state index in [9.17, 15) is 14.9 Å². The number of ether oxygens (including phenoxy) is 2. The summed E-state index contributed by atoms with van der Waals surface area (Å²) in [5.41, 5.74) is 1.67. The largest absolute Gasteiger partial charge is 0.497 e. The summed E-state index contributed by atoms with van der Waals surface area (Å²) in [5.74, 6) is 1.72. The van der Waals surface area contributed by atoms with E-state index in [1.807, 2.05) is 0 Å². The Hall–Kier alpha value is -4.86. The third-order valence-corrected chi connectivity index (χ3v) is 5.77. The fourth-order valence-corrected chi connectivity index (χ4v) is 3.99. The molecule has 4 aromatic rings. The Morgan fingerprint density at radius 1 is 1.11 bits per heavy atom. The lowest BCUT2D eigenvalue weighted by Crippen LogP contribution is -2.31. The topological polar surface area (TPSA) is 121 Å². The SMILES string of the molecule is COc1ccc(-c2cc([N+](=O)[O-])ccc2OCC(=O)N2N=C(c3ccco3)CC2c2ccco2)cc1. The maximum absolute atomic E-state index is 13.2. The van der Waals surface area contributed by atoms with E-state index in [1.165, 1.54) is 29.5 Å². The van der Waals surface area contributed by atoms with Gasteiger partial charge < -0.3 is 18.3 Å². The Labute approximate surface area is 205 Å². The molecule has 1 atom stereocenters. The number of nitrogens with zero attached hydrogens (tertiary/aromatic N) is 3. The van der Waals surface area contributed by atoms with Crippen molar-refractivity contribution in [1.82, 2.24) is 5.01 Å². The molecule has 0 saturated heterocycles. The lowest BCUT2D eigenvalue weighted by atomic mass is 10.0. The molecule has 182 valence electrons. The molecule has 0 aliphatic carbocycles. The lowest BCUT2D eigenvalue weighted by molar-refractivity contribution is -0.384. The summed E-state index contributed by atoms with van der Waals surface area (Å²) in [6.45, 7) is -0.340. The van der Waals surface area contributed by atoms with Gasteiger partial charge in [-0.15, -0.1) is 0 Å². The summed E-state index contributed by atoms with van der Waals surface area (Å²) in [5, 5.41) is 17.2. The number of hydrazone groups is 1. The number of carbonyl (C=O) groups excluding carboxylic acids is 1. The van der Waals surface area contributed by atoms with Crippen LogP contribution in [0.1, 0.15) is 24.0 Å². The molecular weight excluding hydrogens is 466 g/mol. The van der Waals surface area contributed by atoms with Gasteiger partial charge in [0.05, 0.1) is 24.6 Å². The van der Waals surface area contributed by atoms with Gasteiger partial charge in [-0.2, -0.15) is 5.10 Å². The van der Waals surface area contributed by atoms with E-state index in [-0.39, 0.29) is 12.3 Å². The predicted octanol–water partition coefficient (Wildman–Crippen LogP) is 5.21. The molecule has 1 aliphatic heterocycles. The van der Waals surface area contributed by atoms with Gasteiger partial charge in [0.15, 0.2) is 6.61 Å². The molecule has 0 fully saturated rings. The molecule has 0 spiro atoms. The third kappa shape index (κ3) is 4.56. The van der Waals surface area contributed by atoms with E-state index in [0.717, 1.165) is 0 Å². The van der Waals surface area contributed by atoms with Crippen LogP contribution in [0.15, 0.2) is 93.2 Å². The van der Waals surface area contributed by atoms with E-state index in [4.69, 9.17) is 18.3 Å². The number of methoxy groups -OCH3 is 1. The molecule has 3 heterocycles. The number of carbonyl (C=O) groups is 1. The highest BCUT2D eigenvalue weighted by Gasteiger charge is 2.36. The first-order valence-electron chi connectivity index (χ1n) is 11.1. The summed E-state index contributed by atoms with van der Waals surface area (Å²) < 4.78 is 22.1. The van der Waals surface area contributed by atoms with E-state index in [1.54, 1.807) is 61.9 Å². The molecule has 36 heavy (non-hydrogen) atoms. The Morgan fingerprint density at radius 2 is 1.89 bits per heavy atom. The number of rotatable bonds is 8. The number of nitro groups is 1. The minimum Gasteiger partial charge on any atom is -0.497 e. The van der Waals surface area contributed by atoms with E-state index >= 15 is 0 Å². The molecular formula is C26H21N3O7. The normalized spacial score (nSPS) is 15.0. The molecule has 0 bridgehead atoms. The fourth-order valence-electron chi connectivity index (χ4n) is 3.99. The van der Waals surface area contributed by atoms with Crippen molar-refractivity contribution in [2.75, 3.05) is 13.7 Å². The first kappa shape index (κ1) is 22.9. The maximum atomic E-state index is 13.2. The predicted molar refractivity (Wildman–Crippen MR) is 129 cm³/mol. The van der Waals surface area contributed by atoms with Gasteiger partial charge in [-0.25, -0.2) is 5.01 Å². The maximum Gasteiger partial charge on any atom is 0.281 e. The Balaban J connectivity index is 1.40. The fraction of sp³-hybridized carbons (Fsp3) is 0.154. The molecule has 1 amide bonds. The summed E-state index contributed by atoms with van der Waals surface area (Å²) in [6.07, 6.45) is 3.50. The molecule has 10 heteroatoms. The van der Waals surface area contributed by atoms with Crippen molar-refractivity contribution in [1.29, 1.82) is 0 Å². The van der Waals surface area contributed by atoms with Crippen LogP contribution >= 0.6 is 0 Å². The van der Waals surface area contributed by atoms with Crippen LogP contribution in [0.4, 0.5) is 5.69 Å². The number of hydrogen-bond donors (Lipinski definition) is 0. The average Bonchev–Trinajstić information content (AvgIpc) is 3.68. The number of furan rings is 2. The quantitative estimate of drug-likeness (QED) is 0.247. The minimum atomic E-state index is -0.481. The van der Waals surface area contributed by atoms with Crippen LogP contribution in [0.5, 0.6) is 11.5 Å². The van der Waals surface area contributed by atoms with Crippen molar-refractivity contribution in [2.24, 2.45) is 5.10 Å². The summed E-state index contributed by atoms with van der Waals surface area (Å²) in [6, 6.07) is 17.9. The second-order valence-corrected chi connectivity index (χ2v) is 7.95. The zero-order valence-corrected chi connectivity index (χ0v) is 19.2. The van der Waals surface area contributed by atoms with Crippen LogP contribution in [0.2, 0.25) is 0 Å². The van der Waals surface area contributed by atoms with Gasteiger partial charge in [-0.3, -0.25) is 14.9 Å². The molecule has 2 aromatic heterocycles. The highest BCUT2D eigenvalue weighted by molar-refractivity contribution is 6.01. The van der Waals surface area contributed by atoms with E-state index in [0.29, 0.717) is 46.3 Å². The number of benzene rings is 2. The van der Waals surface area contributed by atoms with Crippen molar-refractivity contribution in [3.8, 4) is 22.6 Å². The second-order valence-electron chi connectivity index (χ2n) is 7.95. The molecule has 2 aromatic carbocycles. The summed E-state index contributed by atoms with van der Waals surface area (Å²) in [4.78, 5) is 24.1. The van der Waals surface area contributed by atoms with Crippen LogP contribution in [0.3, 0.4) is 0 Å². The number of nitro benzene ring substituents is 1. The standard InChI is InChI=1S/C26H21N3O7/c1-33-19-9-6-17(7-10-19)20-14-18(29(31)32)8-11-23(20)36-16-26(30)28-22(25-5-3-13-35-25)15-21(27-28)24-4-2-12-34-24/h2-14,22H,15-16H2,1H3. The van der Waals surface area contributed by atoms with Crippen LogP contribution in [0, 0.1) is 10.1 Å². The van der Waals surface area contributed by atoms with Crippen LogP contribution in [-0.2, 0) is 4.79 Å². The molecule has 1 unspecified atom stereocenters. The minimum absolute atomic E-state index is 0.0930. The molecule has 10 nitrogen and oxygen atoms in total. The van der Waals surface area contributed by atoms with Gasteiger partial charge in [-0.05, 0) is 48.0 Å². The number of amides is 1. The Bertz CT molecular complexity index is 1390. The molecule has 5 rings (SSSR count). The second kappa shape index (κ2) is 9.79. The van der Waals surface area contributed by atoms with Gasteiger partial charge in [0.25, 0.3) is 11.6 Å². The van der Waals surface area contributed by atoms with E-state index in [2.05, 4.69) is 5.10 Å². The average molecular weight is 487 g/mol. The number of hydrogen-bond acceptors (Lipinski definition) is 8. The van der Waals surface area contributed by atoms with Gasteiger partial charge in [-0.1, -0.05) is 12.1 Å². The van der Waals surface area contributed by atoms with Crippen molar-refractivity contribution in [3.05, 3.63) is 101 Å². The molecule has 0 saturated carbocycles. The molecule has 0 radical (unpaired) electrons. The van der Waals surface area contributed by atoms with Gasteiger partial charge in [0, 0.05) is 24.1 Å².